The molecule has 0 unspecified atom stereocenters. The zero-order valence-electron chi connectivity index (χ0n) is 18.2. The number of carboxylic acids is 1. The Balaban J connectivity index is 1.76. The van der Waals surface area contributed by atoms with E-state index in [0.717, 1.165) is 11.6 Å². The Bertz CT molecular complexity index is 1440. The highest BCUT2D eigenvalue weighted by atomic mass is 35.5. The minimum Gasteiger partial charge on any atom is -0.478 e. The second-order valence-electron chi connectivity index (χ2n) is 7.36. The lowest BCUT2D eigenvalue weighted by atomic mass is 10.0. The number of benzene rings is 3. The van der Waals surface area contributed by atoms with Gasteiger partial charge in [0.2, 0.25) is 5.95 Å². The largest absolute Gasteiger partial charge is 0.478 e. The Morgan fingerprint density at radius 2 is 1.89 bits per heavy atom. The number of carboxylic acid groups (broad SMARTS) is 1. The van der Waals surface area contributed by atoms with Crippen molar-refractivity contribution in [2.45, 2.75) is 0 Å². The maximum Gasteiger partial charge on any atom is 0.328 e. The molecule has 0 fully saturated rings. The SMILES string of the molecule is N=Cc1ccccc1Nc1nc(Nc2ccc(F)c(Cl)c2)ncc1-c1cccc(/C=C/C(=O)O)c1. The summed E-state index contributed by atoms with van der Waals surface area (Å²) < 4.78 is 13.5. The summed E-state index contributed by atoms with van der Waals surface area (Å²) in [5.74, 6) is -0.880. The van der Waals surface area contributed by atoms with Gasteiger partial charge in [0.05, 0.1) is 5.02 Å². The molecule has 0 saturated carbocycles. The molecule has 0 aliphatic carbocycles. The molecule has 0 atom stereocenters. The quantitative estimate of drug-likeness (QED) is 0.166. The molecule has 4 rings (SSSR count). The number of nitrogens with one attached hydrogen (secondary N) is 3. The van der Waals surface area contributed by atoms with Gasteiger partial charge in [-0.25, -0.2) is 14.2 Å². The van der Waals surface area contributed by atoms with Crippen molar-refractivity contribution in [1.29, 1.82) is 5.41 Å². The third-order valence-electron chi connectivity index (χ3n) is 4.95. The predicted octanol–water partition coefficient (Wildman–Crippen LogP) is 6.52. The van der Waals surface area contributed by atoms with Crippen LogP contribution < -0.4 is 10.6 Å². The fourth-order valence-electron chi connectivity index (χ4n) is 3.29. The highest BCUT2D eigenvalue weighted by Crippen LogP contribution is 2.31. The Hall–Kier alpha value is -4.56. The van der Waals surface area contributed by atoms with Crippen molar-refractivity contribution in [2.24, 2.45) is 0 Å². The van der Waals surface area contributed by atoms with Gasteiger partial charge in [-0.05, 0) is 47.5 Å². The fraction of sp³-hybridized carbons (Fsp3) is 0. The minimum absolute atomic E-state index is 0.0314. The van der Waals surface area contributed by atoms with E-state index >= 15 is 0 Å². The van der Waals surface area contributed by atoms with E-state index in [9.17, 15) is 9.18 Å². The van der Waals surface area contributed by atoms with E-state index in [4.69, 9.17) is 22.1 Å². The van der Waals surface area contributed by atoms with Gasteiger partial charge in [-0.15, -0.1) is 0 Å². The molecule has 0 bridgehead atoms. The van der Waals surface area contributed by atoms with Crippen LogP contribution in [0, 0.1) is 11.2 Å². The first kappa shape index (κ1) is 23.6. The highest BCUT2D eigenvalue weighted by Gasteiger charge is 2.13. The number of aromatic nitrogens is 2. The average Bonchev–Trinajstić information content (AvgIpc) is 2.86. The van der Waals surface area contributed by atoms with Gasteiger partial charge >= 0.3 is 5.97 Å². The molecule has 0 amide bonds. The first-order valence-electron chi connectivity index (χ1n) is 10.4. The number of para-hydroxylation sites is 1. The number of aliphatic carboxylic acids is 1. The second kappa shape index (κ2) is 10.6. The highest BCUT2D eigenvalue weighted by molar-refractivity contribution is 6.31. The molecule has 174 valence electrons. The van der Waals surface area contributed by atoms with Crippen LogP contribution in [0.25, 0.3) is 17.2 Å². The normalized spacial score (nSPS) is 10.8. The van der Waals surface area contributed by atoms with Crippen molar-refractivity contribution >= 4 is 53.0 Å². The Labute approximate surface area is 205 Å². The molecule has 7 nitrogen and oxygen atoms in total. The fourth-order valence-corrected chi connectivity index (χ4v) is 3.47. The number of hydrogen-bond acceptors (Lipinski definition) is 6. The van der Waals surface area contributed by atoms with Crippen LogP contribution in [0.3, 0.4) is 0 Å². The predicted molar refractivity (Wildman–Crippen MR) is 136 cm³/mol. The number of carbonyl (C=O) groups is 1. The van der Waals surface area contributed by atoms with Crippen LogP contribution in [0.2, 0.25) is 5.02 Å². The topological polar surface area (TPSA) is 111 Å². The molecule has 3 aromatic carbocycles. The van der Waals surface area contributed by atoms with Gasteiger partial charge in [0.15, 0.2) is 0 Å². The molecule has 0 radical (unpaired) electrons. The third kappa shape index (κ3) is 5.87. The van der Waals surface area contributed by atoms with Crippen molar-refractivity contribution in [3.05, 3.63) is 101 Å². The van der Waals surface area contributed by atoms with Gasteiger partial charge in [-0.2, -0.15) is 4.98 Å². The molecule has 4 N–H and O–H groups in total. The molecule has 9 heteroatoms. The summed E-state index contributed by atoms with van der Waals surface area (Å²) in [5, 5.41) is 22.9. The first-order chi connectivity index (χ1) is 16.9. The summed E-state index contributed by atoms with van der Waals surface area (Å²) >= 11 is 5.89. The van der Waals surface area contributed by atoms with E-state index in [1.807, 2.05) is 30.3 Å². The number of halogens is 2. The lowest BCUT2D eigenvalue weighted by molar-refractivity contribution is -0.131. The number of hydrogen-bond donors (Lipinski definition) is 4. The molecule has 0 aliphatic heterocycles. The average molecular weight is 488 g/mol. The van der Waals surface area contributed by atoms with E-state index in [1.165, 1.54) is 30.5 Å². The van der Waals surface area contributed by atoms with Crippen molar-refractivity contribution in [1.82, 2.24) is 9.97 Å². The summed E-state index contributed by atoms with van der Waals surface area (Å²) in [6.45, 7) is 0. The molecule has 4 aromatic rings. The van der Waals surface area contributed by atoms with Crippen molar-refractivity contribution in [3.8, 4) is 11.1 Å². The van der Waals surface area contributed by atoms with Crippen LogP contribution in [0.15, 0.2) is 79.0 Å². The van der Waals surface area contributed by atoms with Gasteiger partial charge in [0.1, 0.15) is 11.6 Å². The van der Waals surface area contributed by atoms with Crippen LogP contribution in [0.1, 0.15) is 11.1 Å². The van der Waals surface area contributed by atoms with Crippen LogP contribution in [0.4, 0.5) is 27.5 Å². The van der Waals surface area contributed by atoms with Gasteiger partial charge < -0.3 is 21.1 Å². The monoisotopic (exact) mass is 487 g/mol. The lowest BCUT2D eigenvalue weighted by Gasteiger charge is -2.15. The molecule has 0 saturated heterocycles. The molecular formula is C26H19ClFN5O2. The molecule has 35 heavy (non-hydrogen) atoms. The molecule has 1 heterocycles. The zero-order valence-corrected chi connectivity index (χ0v) is 18.9. The summed E-state index contributed by atoms with van der Waals surface area (Å²) in [5.41, 5.74) is 3.94. The standard InChI is InChI=1S/C26H19ClFN5O2/c27-21-13-19(9-10-22(21)28)31-26-30-15-20(17-6-3-4-16(12-17)8-11-24(34)35)25(33-26)32-23-7-2-1-5-18(23)14-29/h1-15,29H,(H,34,35)(H2,30,31,32,33)/b11-8+,29-14?. The first-order valence-corrected chi connectivity index (χ1v) is 10.8. The zero-order chi connectivity index (χ0) is 24.8. The van der Waals surface area contributed by atoms with E-state index in [0.29, 0.717) is 33.9 Å². The molecule has 1 aromatic heterocycles. The summed E-state index contributed by atoms with van der Waals surface area (Å²) in [6.07, 6.45) is 5.42. The van der Waals surface area contributed by atoms with Crippen LogP contribution in [-0.4, -0.2) is 27.3 Å². The maximum atomic E-state index is 13.5. The van der Waals surface area contributed by atoms with Crippen molar-refractivity contribution < 1.29 is 14.3 Å². The maximum absolute atomic E-state index is 13.5. The Kier molecular flexibility index (Phi) is 7.13. The second-order valence-corrected chi connectivity index (χ2v) is 7.77. The van der Waals surface area contributed by atoms with Gasteiger partial charge in [0, 0.05) is 41.0 Å². The van der Waals surface area contributed by atoms with Crippen LogP contribution in [-0.2, 0) is 4.79 Å². The smallest absolute Gasteiger partial charge is 0.328 e. The third-order valence-corrected chi connectivity index (χ3v) is 5.24. The lowest BCUT2D eigenvalue weighted by Crippen LogP contribution is -2.04. The Morgan fingerprint density at radius 1 is 1.06 bits per heavy atom. The van der Waals surface area contributed by atoms with E-state index in [1.54, 1.807) is 24.4 Å². The van der Waals surface area contributed by atoms with E-state index < -0.39 is 11.8 Å². The number of rotatable bonds is 8. The number of nitrogens with zero attached hydrogens (tertiary/aromatic N) is 2. The van der Waals surface area contributed by atoms with Crippen LogP contribution >= 0.6 is 11.6 Å². The van der Waals surface area contributed by atoms with Gasteiger partial charge in [-0.1, -0.05) is 48.0 Å². The van der Waals surface area contributed by atoms with Crippen molar-refractivity contribution in [3.63, 3.8) is 0 Å². The van der Waals surface area contributed by atoms with E-state index in [-0.39, 0.29) is 11.0 Å². The Morgan fingerprint density at radius 3 is 2.66 bits per heavy atom. The molecule has 0 spiro atoms. The molecule has 0 aliphatic rings. The summed E-state index contributed by atoms with van der Waals surface area (Å²) in [6, 6.07) is 18.8. The summed E-state index contributed by atoms with van der Waals surface area (Å²) in [7, 11) is 0. The summed E-state index contributed by atoms with van der Waals surface area (Å²) in [4.78, 5) is 19.9. The minimum atomic E-state index is -1.04. The van der Waals surface area contributed by atoms with Crippen LogP contribution in [0.5, 0.6) is 0 Å². The van der Waals surface area contributed by atoms with Gasteiger partial charge in [0.25, 0.3) is 0 Å². The molecular weight excluding hydrogens is 469 g/mol. The number of anilines is 4. The van der Waals surface area contributed by atoms with Gasteiger partial charge in [-0.3, -0.25) is 0 Å². The van der Waals surface area contributed by atoms with Crippen molar-refractivity contribution in [2.75, 3.05) is 10.6 Å². The van der Waals surface area contributed by atoms with E-state index in [2.05, 4.69) is 20.6 Å².